The molecule has 2 heterocycles. The quantitative estimate of drug-likeness (QED) is 0.788. The third kappa shape index (κ3) is 3.41. The fraction of sp³-hybridized carbons (Fsp3) is 0.0667. The van der Waals surface area contributed by atoms with Crippen LogP contribution in [-0.2, 0) is 6.54 Å². The summed E-state index contributed by atoms with van der Waals surface area (Å²) >= 11 is 1.48. The predicted octanol–water partition coefficient (Wildman–Crippen LogP) is 4.10. The van der Waals surface area contributed by atoms with Crippen molar-refractivity contribution in [2.75, 3.05) is 5.32 Å². The molecule has 1 aromatic carbocycles. The highest BCUT2D eigenvalue weighted by molar-refractivity contribution is 7.13. The zero-order valence-electron chi connectivity index (χ0n) is 10.9. The van der Waals surface area contributed by atoms with Crippen LogP contribution in [-0.4, -0.2) is 9.97 Å². The minimum Gasteiger partial charge on any atom is -0.379 e. The molecule has 0 atom stereocenters. The number of nitrogens with one attached hydrogen (secondary N) is 1. The van der Waals surface area contributed by atoms with Crippen LogP contribution in [0.15, 0.2) is 48.0 Å². The molecule has 0 fully saturated rings. The Kier molecular flexibility index (Phi) is 3.87. The Morgan fingerprint density at radius 1 is 1.10 bits per heavy atom. The number of benzene rings is 1. The average molecular weight is 303 g/mol. The standard InChI is InChI=1S/C15H11F2N3S/c16-10-5-11(17)7-12(6-10)19-8-13-9-21-15(20-13)14-3-1-2-4-18-14/h1-7,9,19H,8H2. The van der Waals surface area contributed by atoms with E-state index < -0.39 is 11.6 Å². The van der Waals surface area contributed by atoms with Crippen LogP contribution in [0, 0.1) is 11.6 Å². The number of hydrogen-bond acceptors (Lipinski definition) is 4. The van der Waals surface area contributed by atoms with E-state index >= 15 is 0 Å². The van der Waals surface area contributed by atoms with E-state index in [2.05, 4.69) is 15.3 Å². The molecule has 6 heteroatoms. The largest absolute Gasteiger partial charge is 0.379 e. The van der Waals surface area contributed by atoms with E-state index in [1.165, 1.54) is 23.5 Å². The number of thiazole rings is 1. The Morgan fingerprint density at radius 2 is 1.90 bits per heavy atom. The van der Waals surface area contributed by atoms with Crippen LogP contribution in [0.2, 0.25) is 0 Å². The molecule has 0 spiro atoms. The molecule has 106 valence electrons. The van der Waals surface area contributed by atoms with Crippen molar-refractivity contribution in [3.05, 3.63) is 65.3 Å². The molecule has 0 bridgehead atoms. The van der Waals surface area contributed by atoms with Crippen LogP contribution in [0.1, 0.15) is 5.69 Å². The maximum atomic E-state index is 13.1. The molecule has 0 aliphatic carbocycles. The van der Waals surface area contributed by atoms with Crippen molar-refractivity contribution in [1.29, 1.82) is 0 Å². The van der Waals surface area contributed by atoms with E-state index in [4.69, 9.17) is 0 Å². The molecule has 0 amide bonds. The second-order valence-electron chi connectivity index (χ2n) is 4.37. The zero-order valence-corrected chi connectivity index (χ0v) is 11.7. The van der Waals surface area contributed by atoms with Gasteiger partial charge in [0.1, 0.15) is 16.6 Å². The lowest BCUT2D eigenvalue weighted by atomic mass is 10.3. The molecular weight excluding hydrogens is 292 g/mol. The van der Waals surface area contributed by atoms with E-state index in [9.17, 15) is 8.78 Å². The summed E-state index contributed by atoms with van der Waals surface area (Å²) in [4.78, 5) is 8.68. The molecule has 3 nitrogen and oxygen atoms in total. The van der Waals surface area contributed by atoms with Gasteiger partial charge in [-0.15, -0.1) is 11.3 Å². The van der Waals surface area contributed by atoms with Crippen molar-refractivity contribution in [2.45, 2.75) is 6.54 Å². The highest BCUT2D eigenvalue weighted by Crippen LogP contribution is 2.22. The maximum Gasteiger partial charge on any atom is 0.142 e. The van der Waals surface area contributed by atoms with Crippen LogP contribution in [0.3, 0.4) is 0 Å². The van der Waals surface area contributed by atoms with Gasteiger partial charge < -0.3 is 5.32 Å². The monoisotopic (exact) mass is 303 g/mol. The summed E-state index contributed by atoms with van der Waals surface area (Å²) in [6.07, 6.45) is 1.71. The van der Waals surface area contributed by atoms with E-state index in [-0.39, 0.29) is 0 Å². The third-order valence-electron chi connectivity index (χ3n) is 2.77. The van der Waals surface area contributed by atoms with Crippen LogP contribution in [0.5, 0.6) is 0 Å². The Bertz CT molecular complexity index is 723. The van der Waals surface area contributed by atoms with Gasteiger partial charge in [0.25, 0.3) is 0 Å². The van der Waals surface area contributed by atoms with Crippen LogP contribution < -0.4 is 5.32 Å². The number of anilines is 1. The van der Waals surface area contributed by atoms with Crippen LogP contribution >= 0.6 is 11.3 Å². The van der Waals surface area contributed by atoms with Gasteiger partial charge in [-0.2, -0.15) is 0 Å². The second kappa shape index (κ2) is 5.97. The Hall–Kier alpha value is -2.34. The van der Waals surface area contributed by atoms with Gasteiger partial charge in [-0.1, -0.05) is 6.07 Å². The number of nitrogens with zero attached hydrogens (tertiary/aromatic N) is 2. The Morgan fingerprint density at radius 3 is 2.62 bits per heavy atom. The third-order valence-corrected chi connectivity index (χ3v) is 3.69. The first-order chi connectivity index (χ1) is 10.2. The fourth-order valence-electron chi connectivity index (χ4n) is 1.84. The molecule has 2 aromatic heterocycles. The first-order valence-electron chi connectivity index (χ1n) is 6.26. The van der Waals surface area contributed by atoms with Crippen LogP contribution in [0.4, 0.5) is 14.5 Å². The molecule has 0 saturated carbocycles. The molecular formula is C15H11F2N3S. The summed E-state index contributed by atoms with van der Waals surface area (Å²) in [5, 5.41) is 5.66. The first kappa shape index (κ1) is 13.6. The number of pyridine rings is 1. The van der Waals surface area contributed by atoms with Gasteiger partial charge in [-0.3, -0.25) is 4.98 Å². The zero-order chi connectivity index (χ0) is 14.7. The van der Waals surface area contributed by atoms with Gasteiger partial charge in [0.05, 0.1) is 17.9 Å². The van der Waals surface area contributed by atoms with Crippen molar-refractivity contribution < 1.29 is 8.78 Å². The van der Waals surface area contributed by atoms with Gasteiger partial charge >= 0.3 is 0 Å². The van der Waals surface area contributed by atoms with Crippen molar-refractivity contribution in [3.8, 4) is 10.7 Å². The van der Waals surface area contributed by atoms with Gasteiger partial charge in [0, 0.05) is 23.3 Å². The molecule has 3 aromatic rings. The SMILES string of the molecule is Fc1cc(F)cc(NCc2csc(-c3ccccn3)n2)c1. The maximum absolute atomic E-state index is 13.1. The lowest BCUT2D eigenvalue weighted by molar-refractivity contribution is 0.584. The number of halogens is 2. The van der Waals surface area contributed by atoms with Crippen molar-refractivity contribution in [2.24, 2.45) is 0 Å². The summed E-state index contributed by atoms with van der Waals surface area (Å²) in [5.41, 5.74) is 2.00. The van der Waals surface area contributed by atoms with Gasteiger partial charge in [-0.05, 0) is 24.3 Å². The smallest absolute Gasteiger partial charge is 0.142 e. The molecule has 0 radical (unpaired) electrons. The second-order valence-corrected chi connectivity index (χ2v) is 5.23. The van der Waals surface area contributed by atoms with E-state index in [1.54, 1.807) is 6.20 Å². The molecule has 1 N–H and O–H groups in total. The van der Waals surface area contributed by atoms with Gasteiger partial charge in [0.15, 0.2) is 0 Å². The highest BCUT2D eigenvalue weighted by atomic mass is 32.1. The molecule has 0 aliphatic heterocycles. The highest BCUT2D eigenvalue weighted by Gasteiger charge is 2.06. The van der Waals surface area contributed by atoms with Crippen molar-refractivity contribution >= 4 is 17.0 Å². The first-order valence-corrected chi connectivity index (χ1v) is 7.14. The molecule has 0 saturated heterocycles. The van der Waals surface area contributed by atoms with Crippen molar-refractivity contribution in [1.82, 2.24) is 9.97 Å². The number of aromatic nitrogens is 2. The van der Waals surface area contributed by atoms with Crippen LogP contribution in [0.25, 0.3) is 10.7 Å². The summed E-state index contributed by atoms with van der Waals surface area (Å²) in [5.74, 6) is -1.21. The molecule has 0 unspecified atom stereocenters. The summed E-state index contributed by atoms with van der Waals surface area (Å²) in [7, 11) is 0. The summed E-state index contributed by atoms with van der Waals surface area (Å²) in [6, 6.07) is 8.96. The number of rotatable bonds is 4. The molecule has 0 aliphatic rings. The Balaban J connectivity index is 1.70. The molecule has 21 heavy (non-hydrogen) atoms. The normalized spacial score (nSPS) is 10.6. The number of hydrogen-bond donors (Lipinski definition) is 1. The minimum atomic E-state index is -0.607. The topological polar surface area (TPSA) is 37.8 Å². The van der Waals surface area contributed by atoms with E-state index in [0.717, 1.165) is 22.5 Å². The summed E-state index contributed by atoms with van der Waals surface area (Å²) in [6.45, 7) is 0.395. The van der Waals surface area contributed by atoms with E-state index in [1.807, 2.05) is 23.6 Å². The minimum absolute atomic E-state index is 0.389. The molecule has 3 rings (SSSR count). The lowest BCUT2D eigenvalue weighted by Crippen LogP contribution is -2.00. The van der Waals surface area contributed by atoms with Crippen molar-refractivity contribution in [3.63, 3.8) is 0 Å². The predicted molar refractivity (Wildman–Crippen MR) is 79.0 cm³/mol. The summed E-state index contributed by atoms with van der Waals surface area (Å²) < 4.78 is 26.2. The van der Waals surface area contributed by atoms with E-state index in [0.29, 0.717) is 12.2 Å². The Labute approximate surface area is 124 Å². The van der Waals surface area contributed by atoms with Gasteiger partial charge in [0.2, 0.25) is 0 Å². The average Bonchev–Trinajstić information content (AvgIpc) is 2.94. The van der Waals surface area contributed by atoms with Gasteiger partial charge in [-0.25, -0.2) is 13.8 Å². The fourth-order valence-corrected chi connectivity index (χ4v) is 2.64. The lowest BCUT2D eigenvalue weighted by Gasteiger charge is -2.04.